The summed E-state index contributed by atoms with van der Waals surface area (Å²) in [5.74, 6) is -0.344. The van der Waals surface area contributed by atoms with Crippen LogP contribution < -0.4 is 14.8 Å². The van der Waals surface area contributed by atoms with Crippen molar-refractivity contribution >= 4 is 17.5 Å². The first-order valence-corrected chi connectivity index (χ1v) is 11.1. The maximum Gasteiger partial charge on any atom is 0.254 e. The molecule has 2 amide bonds. The Bertz CT molecular complexity index is 1310. The molecule has 0 unspecified atom stereocenters. The average molecular weight is 461 g/mol. The van der Waals surface area contributed by atoms with Crippen LogP contribution in [0.3, 0.4) is 0 Å². The van der Waals surface area contributed by atoms with Crippen LogP contribution in [0.5, 0.6) is 11.5 Å². The Morgan fingerprint density at radius 3 is 2.50 bits per heavy atom. The van der Waals surface area contributed by atoms with Gasteiger partial charge in [-0.2, -0.15) is 0 Å². The second-order valence-corrected chi connectivity index (χ2v) is 8.62. The van der Waals surface area contributed by atoms with Gasteiger partial charge in [-0.1, -0.05) is 24.3 Å². The third-order valence-corrected chi connectivity index (χ3v) is 6.75. The predicted octanol–water partition coefficient (Wildman–Crippen LogP) is 4.63. The lowest BCUT2D eigenvalue weighted by molar-refractivity contribution is -0.119. The van der Waals surface area contributed by atoms with Crippen molar-refractivity contribution in [3.63, 3.8) is 0 Å². The van der Waals surface area contributed by atoms with Gasteiger partial charge >= 0.3 is 0 Å². The van der Waals surface area contributed by atoms with E-state index in [2.05, 4.69) is 5.32 Å². The molecule has 0 spiro atoms. The fourth-order valence-corrected chi connectivity index (χ4v) is 5.03. The summed E-state index contributed by atoms with van der Waals surface area (Å²) in [7, 11) is 3.14. The van der Waals surface area contributed by atoms with E-state index in [4.69, 9.17) is 9.47 Å². The molecule has 34 heavy (non-hydrogen) atoms. The molecule has 0 radical (unpaired) electrons. The molecule has 2 atom stereocenters. The van der Waals surface area contributed by atoms with Crippen molar-refractivity contribution in [3.05, 3.63) is 88.2 Å². The fourth-order valence-electron chi connectivity index (χ4n) is 5.03. The summed E-state index contributed by atoms with van der Waals surface area (Å²) in [4.78, 5) is 28.9. The lowest BCUT2D eigenvalue weighted by Crippen LogP contribution is -2.49. The first-order valence-electron chi connectivity index (χ1n) is 11.1. The van der Waals surface area contributed by atoms with Gasteiger partial charge < -0.3 is 19.7 Å². The number of halogens is 1. The molecule has 6 nitrogen and oxygen atoms in total. The molecule has 0 bridgehead atoms. The Hall–Kier alpha value is -3.87. The van der Waals surface area contributed by atoms with E-state index in [-0.39, 0.29) is 11.8 Å². The van der Waals surface area contributed by atoms with Gasteiger partial charge in [0.2, 0.25) is 5.91 Å². The number of carbonyl (C=O) groups excluding carboxylic acids is 2. The molecule has 174 valence electrons. The number of hydrogen-bond acceptors (Lipinski definition) is 4. The third-order valence-electron chi connectivity index (χ3n) is 6.75. The molecule has 0 aliphatic carbocycles. The zero-order valence-corrected chi connectivity index (χ0v) is 19.2. The Balaban J connectivity index is 1.64. The number of benzene rings is 3. The number of aryl methyl sites for hydroxylation is 1. The summed E-state index contributed by atoms with van der Waals surface area (Å²) in [5.41, 5.74) is 3.89. The lowest BCUT2D eigenvalue weighted by Gasteiger charge is -2.45. The standard InChI is InChI=1S/C27H25FN2O4/c1-15-8-9-17(13-21(15)28)29-26(31)24-18-6-4-5-7-19(18)27(32)30-11-10-16-12-22(33-2)23(34-3)14-20(16)25(24)30/h4-9,12-14,24-25H,10-11H2,1-3H3,(H,29,31)/t24-,25+/m0/s1. The highest BCUT2D eigenvalue weighted by molar-refractivity contribution is 6.04. The van der Waals surface area contributed by atoms with Gasteiger partial charge in [-0.05, 0) is 65.9 Å². The summed E-state index contributed by atoms with van der Waals surface area (Å²) in [5, 5.41) is 2.88. The van der Waals surface area contributed by atoms with Gasteiger partial charge in [-0.15, -0.1) is 0 Å². The largest absolute Gasteiger partial charge is 0.493 e. The van der Waals surface area contributed by atoms with Gasteiger partial charge in [0.1, 0.15) is 5.82 Å². The fraction of sp³-hybridized carbons (Fsp3) is 0.259. The normalized spacial score (nSPS) is 18.5. The van der Waals surface area contributed by atoms with E-state index in [0.717, 1.165) is 11.1 Å². The SMILES string of the molecule is COc1cc2c(cc1OC)[C@@H]1[C@@H](C(=O)Nc3ccc(C)c(F)c3)c3ccccc3C(=O)N1CC2. The minimum Gasteiger partial charge on any atom is -0.493 e. The Morgan fingerprint density at radius 1 is 1.03 bits per heavy atom. The van der Waals surface area contributed by atoms with E-state index in [9.17, 15) is 14.0 Å². The highest BCUT2D eigenvalue weighted by Crippen LogP contribution is 2.48. The van der Waals surface area contributed by atoms with Crippen LogP contribution in [0.2, 0.25) is 0 Å². The molecule has 2 aliphatic rings. The summed E-state index contributed by atoms with van der Waals surface area (Å²) in [6.07, 6.45) is 0.637. The number of ether oxygens (including phenoxy) is 2. The Morgan fingerprint density at radius 2 is 1.76 bits per heavy atom. The maximum atomic E-state index is 14.2. The predicted molar refractivity (Wildman–Crippen MR) is 126 cm³/mol. The van der Waals surface area contributed by atoms with Crippen molar-refractivity contribution < 1.29 is 23.5 Å². The molecule has 3 aromatic carbocycles. The van der Waals surface area contributed by atoms with Crippen LogP contribution in [0, 0.1) is 12.7 Å². The van der Waals surface area contributed by atoms with E-state index in [1.807, 2.05) is 24.3 Å². The van der Waals surface area contributed by atoms with E-state index >= 15 is 0 Å². The number of hydrogen-bond donors (Lipinski definition) is 1. The molecule has 5 rings (SSSR count). The quantitative estimate of drug-likeness (QED) is 0.617. The molecular weight excluding hydrogens is 435 g/mol. The van der Waals surface area contributed by atoms with Crippen LogP contribution in [-0.4, -0.2) is 37.5 Å². The van der Waals surface area contributed by atoms with Crippen LogP contribution in [0.4, 0.5) is 10.1 Å². The highest BCUT2D eigenvalue weighted by Gasteiger charge is 2.46. The minimum atomic E-state index is -0.685. The van der Waals surface area contributed by atoms with Crippen molar-refractivity contribution in [1.82, 2.24) is 4.90 Å². The topological polar surface area (TPSA) is 67.9 Å². The summed E-state index contributed by atoms with van der Waals surface area (Å²) >= 11 is 0. The first kappa shape index (κ1) is 21.9. The molecule has 0 saturated heterocycles. The van der Waals surface area contributed by atoms with Gasteiger partial charge in [0.05, 0.1) is 26.2 Å². The number of carbonyl (C=O) groups is 2. The van der Waals surface area contributed by atoms with E-state index < -0.39 is 17.8 Å². The second kappa shape index (κ2) is 8.48. The molecule has 1 N–H and O–H groups in total. The molecule has 0 aromatic heterocycles. The molecule has 0 saturated carbocycles. The van der Waals surface area contributed by atoms with Crippen molar-refractivity contribution in [3.8, 4) is 11.5 Å². The van der Waals surface area contributed by atoms with Gasteiger partial charge in [0.15, 0.2) is 11.5 Å². The van der Waals surface area contributed by atoms with Crippen molar-refractivity contribution in [2.45, 2.75) is 25.3 Å². The van der Waals surface area contributed by atoms with Crippen LogP contribution in [-0.2, 0) is 11.2 Å². The smallest absolute Gasteiger partial charge is 0.254 e. The average Bonchev–Trinajstić information content (AvgIpc) is 2.85. The Kier molecular flexibility index (Phi) is 5.48. The van der Waals surface area contributed by atoms with Crippen LogP contribution in [0.25, 0.3) is 0 Å². The molecule has 3 aromatic rings. The van der Waals surface area contributed by atoms with Gasteiger partial charge in [-0.3, -0.25) is 9.59 Å². The van der Waals surface area contributed by atoms with E-state index in [0.29, 0.717) is 46.8 Å². The lowest BCUT2D eigenvalue weighted by atomic mass is 9.75. The number of methoxy groups -OCH3 is 2. The van der Waals surface area contributed by atoms with Crippen LogP contribution >= 0.6 is 0 Å². The number of nitrogens with one attached hydrogen (secondary N) is 1. The van der Waals surface area contributed by atoms with Crippen LogP contribution in [0.15, 0.2) is 54.6 Å². The molecule has 7 heteroatoms. The molecule has 2 heterocycles. The van der Waals surface area contributed by atoms with Crippen LogP contribution in [0.1, 0.15) is 44.6 Å². The molecule has 2 aliphatic heterocycles. The van der Waals surface area contributed by atoms with Gasteiger partial charge in [0.25, 0.3) is 5.91 Å². The zero-order chi connectivity index (χ0) is 24.0. The summed E-state index contributed by atoms with van der Waals surface area (Å²) < 4.78 is 25.1. The Labute approximate surface area is 197 Å². The first-order chi connectivity index (χ1) is 16.4. The molecule has 0 fully saturated rings. The minimum absolute atomic E-state index is 0.105. The van der Waals surface area contributed by atoms with Crippen molar-refractivity contribution in [2.75, 3.05) is 26.1 Å². The maximum absolute atomic E-state index is 14.2. The van der Waals surface area contributed by atoms with Crippen molar-refractivity contribution in [1.29, 1.82) is 0 Å². The van der Waals surface area contributed by atoms with Gasteiger partial charge in [-0.25, -0.2) is 4.39 Å². The number of rotatable bonds is 4. The monoisotopic (exact) mass is 460 g/mol. The second-order valence-electron chi connectivity index (χ2n) is 8.62. The number of amides is 2. The number of fused-ring (bicyclic) bond motifs is 4. The summed E-state index contributed by atoms with van der Waals surface area (Å²) in [6, 6.07) is 15.1. The van der Waals surface area contributed by atoms with Crippen molar-refractivity contribution in [2.24, 2.45) is 0 Å². The highest BCUT2D eigenvalue weighted by atomic mass is 19.1. The van der Waals surface area contributed by atoms with E-state index in [1.54, 1.807) is 50.3 Å². The zero-order valence-electron chi connectivity index (χ0n) is 19.2. The van der Waals surface area contributed by atoms with E-state index in [1.165, 1.54) is 6.07 Å². The third kappa shape index (κ3) is 3.48. The molecular formula is C27H25FN2O4. The summed E-state index contributed by atoms with van der Waals surface area (Å²) in [6.45, 7) is 2.14. The number of nitrogens with zero attached hydrogens (tertiary/aromatic N) is 1. The van der Waals surface area contributed by atoms with Gasteiger partial charge in [0, 0.05) is 17.8 Å². The number of anilines is 1.